The Bertz CT molecular complexity index is 1540. The molecule has 9 heteroatoms. The minimum absolute atomic E-state index is 0.338. The lowest BCUT2D eigenvalue weighted by Crippen LogP contribution is -2.36. The van der Waals surface area contributed by atoms with Crippen LogP contribution in [0.5, 0.6) is 0 Å². The molecule has 0 radical (unpaired) electrons. The van der Waals surface area contributed by atoms with Crippen molar-refractivity contribution in [1.82, 2.24) is 14.5 Å². The molecular formula is C22H16N4O4S. The second kappa shape index (κ2) is 7.37. The predicted octanol–water partition coefficient (Wildman–Crippen LogP) is 3.83. The minimum Gasteiger partial charge on any atom is -0.454 e. The van der Waals surface area contributed by atoms with Crippen molar-refractivity contribution < 1.29 is 9.21 Å². The van der Waals surface area contributed by atoms with Crippen LogP contribution in [0, 0.1) is 0 Å². The number of nitrogens with zero attached hydrogens (tertiary/aromatic N) is 2. The maximum Gasteiger partial charge on any atom is 0.316 e. The zero-order valence-electron chi connectivity index (χ0n) is 16.3. The molecule has 0 atom stereocenters. The number of aryl methyl sites for hydroxylation is 1. The quantitative estimate of drug-likeness (QED) is 0.420. The summed E-state index contributed by atoms with van der Waals surface area (Å²) in [5.41, 5.74) is 1.38. The molecule has 0 saturated carbocycles. The number of para-hydroxylation sites is 1. The summed E-state index contributed by atoms with van der Waals surface area (Å²) >= 11 is 1.29. The van der Waals surface area contributed by atoms with Crippen molar-refractivity contribution in [1.29, 1.82) is 0 Å². The van der Waals surface area contributed by atoms with Crippen LogP contribution in [0.15, 0.2) is 67.9 Å². The molecule has 5 aromatic rings. The molecule has 5 rings (SSSR count). The average Bonchev–Trinajstić information content (AvgIpc) is 3.41. The first-order chi connectivity index (χ1) is 15.0. The number of amides is 1. The summed E-state index contributed by atoms with van der Waals surface area (Å²) in [5.74, 6) is 0.251. The van der Waals surface area contributed by atoms with Gasteiger partial charge in [-0.25, -0.2) is 4.98 Å². The number of nitrogens with one attached hydrogen (secondary N) is 2. The van der Waals surface area contributed by atoms with E-state index in [-0.39, 0.29) is 5.91 Å². The van der Waals surface area contributed by atoms with Crippen molar-refractivity contribution >= 4 is 44.4 Å². The van der Waals surface area contributed by atoms with Crippen LogP contribution < -0.4 is 16.4 Å². The molecule has 0 aliphatic rings. The summed E-state index contributed by atoms with van der Waals surface area (Å²) < 4.78 is 7.19. The summed E-state index contributed by atoms with van der Waals surface area (Å²) in [6, 6.07) is 14.4. The zero-order chi connectivity index (χ0) is 21.5. The number of benzene rings is 2. The lowest BCUT2D eigenvalue weighted by molar-refractivity contribution is 0.102. The van der Waals surface area contributed by atoms with Gasteiger partial charge in [0.1, 0.15) is 11.3 Å². The molecule has 0 aliphatic heterocycles. The Kier molecular flexibility index (Phi) is 4.52. The van der Waals surface area contributed by atoms with E-state index in [1.807, 2.05) is 35.7 Å². The Balaban J connectivity index is 1.42. The van der Waals surface area contributed by atoms with Crippen LogP contribution in [0.4, 0.5) is 5.13 Å². The minimum atomic E-state index is -0.720. The Morgan fingerprint density at radius 1 is 1.19 bits per heavy atom. The number of furan rings is 1. The topological polar surface area (TPSA) is 110 Å². The van der Waals surface area contributed by atoms with Gasteiger partial charge in [-0.15, -0.1) is 11.3 Å². The van der Waals surface area contributed by atoms with Crippen molar-refractivity contribution in [3.8, 4) is 11.5 Å². The van der Waals surface area contributed by atoms with E-state index in [2.05, 4.69) is 15.3 Å². The Hall–Kier alpha value is -3.98. The number of aromatic amines is 1. The van der Waals surface area contributed by atoms with Gasteiger partial charge in [-0.2, -0.15) is 0 Å². The van der Waals surface area contributed by atoms with Crippen LogP contribution in [0.3, 0.4) is 0 Å². The molecule has 0 aliphatic carbocycles. The Morgan fingerprint density at radius 3 is 2.84 bits per heavy atom. The first-order valence-corrected chi connectivity index (χ1v) is 10.4. The molecule has 3 aromatic heterocycles. The molecule has 1 amide bonds. The molecule has 2 aromatic carbocycles. The molecule has 0 unspecified atom stereocenters. The van der Waals surface area contributed by atoms with E-state index in [1.165, 1.54) is 15.9 Å². The second-order valence-electron chi connectivity index (χ2n) is 6.88. The highest BCUT2D eigenvalue weighted by molar-refractivity contribution is 7.14. The van der Waals surface area contributed by atoms with E-state index < -0.39 is 11.1 Å². The van der Waals surface area contributed by atoms with E-state index >= 15 is 0 Å². The summed E-state index contributed by atoms with van der Waals surface area (Å²) in [5, 5.41) is 5.98. The Morgan fingerprint density at radius 2 is 2.03 bits per heavy atom. The van der Waals surface area contributed by atoms with Crippen molar-refractivity contribution in [2.45, 2.75) is 13.5 Å². The average molecular weight is 432 g/mol. The van der Waals surface area contributed by atoms with Crippen molar-refractivity contribution in [2.75, 3.05) is 5.32 Å². The molecule has 3 heterocycles. The van der Waals surface area contributed by atoms with Gasteiger partial charge in [0, 0.05) is 22.9 Å². The maximum atomic E-state index is 12.7. The molecule has 31 heavy (non-hydrogen) atoms. The largest absolute Gasteiger partial charge is 0.454 e. The van der Waals surface area contributed by atoms with Gasteiger partial charge >= 0.3 is 11.1 Å². The van der Waals surface area contributed by atoms with Crippen LogP contribution in [-0.4, -0.2) is 20.4 Å². The van der Waals surface area contributed by atoms with Gasteiger partial charge < -0.3 is 14.0 Å². The SMILES string of the molecule is CCn1c(=O)c(=O)[nH]c2cc(C(=O)Nc3nc(-c4cc5ccccc5o4)cs3)ccc21. The number of H-pyrrole nitrogens is 1. The zero-order valence-corrected chi connectivity index (χ0v) is 17.2. The summed E-state index contributed by atoms with van der Waals surface area (Å²) in [6.07, 6.45) is 0. The van der Waals surface area contributed by atoms with Gasteiger partial charge in [0.2, 0.25) is 0 Å². The fourth-order valence-electron chi connectivity index (χ4n) is 3.46. The molecule has 0 saturated heterocycles. The first kappa shape index (κ1) is 19.0. The molecule has 8 nitrogen and oxygen atoms in total. The maximum absolute atomic E-state index is 12.7. The highest BCUT2D eigenvalue weighted by atomic mass is 32.1. The van der Waals surface area contributed by atoms with Crippen LogP contribution >= 0.6 is 11.3 Å². The number of thiazole rings is 1. The third kappa shape index (κ3) is 3.34. The molecular weight excluding hydrogens is 416 g/mol. The summed E-state index contributed by atoms with van der Waals surface area (Å²) in [6.45, 7) is 2.14. The molecule has 154 valence electrons. The number of hydrogen-bond acceptors (Lipinski definition) is 6. The molecule has 0 bridgehead atoms. The number of anilines is 1. The highest BCUT2D eigenvalue weighted by Crippen LogP contribution is 2.30. The summed E-state index contributed by atoms with van der Waals surface area (Å²) in [7, 11) is 0. The lowest BCUT2D eigenvalue weighted by atomic mass is 10.1. The van der Waals surface area contributed by atoms with Crippen molar-refractivity contribution in [2.24, 2.45) is 0 Å². The monoisotopic (exact) mass is 432 g/mol. The van der Waals surface area contributed by atoms with Gasteiger partial charge in [-0.1, -0.05) is 18.2 Å². The van der Waals surface area contributed by atoms with Gasteiger partial charge in [0.05, 0.1) is 11.0 Å². The molecule has 2 N–H and O–H groups in total. The van der Waals surface area contributed by atoms with Crippen molar-refractivity contribution in [3.63, 3.8) is 0 Å². The van der Waals surface area contributed by atoms with Gasteiger partial charge in [-0.05, 0) is 37.3 Å². The third-order valence-electron chi connectivity index (χ3n) is 4.96. The van der Waals surface area contributed by atoms with E-state index in [1.54, 1.807) is 25.1 Å². The van der Waals surface area contributed by atoms with Gasteiger partial charge in [0.15, 0.2) is 10.9 Å². The number of fused-ring (bicyclic) bond motifs is 2. The number of carbonyl (C=O) groups excluding carboxylic acids is 1. The van der Waals surface area contributed by atoms with Crippen molar-refractivity contribution in [3.05, 3.63) is 80.2 Å². The van der Waals surface area contributed by atoms with Gasteiger partial charge in [-0.3, -0.25) is 19.7 Å². The standard InChI is InChI=1S/C22H16N4O4S/c1-2-26-16-8-7-13(9-14(16)23-20(28)21(26)29)19(27)25-22-24-15(11-31-22)18-10-12-5-3-4-6-17(12)30-18/h3-11H,2H2,1H3,(H,23,28)(H,24,25,27). The second-order valence-corrected chi connectivity index (χ2v) is 7.73. The fraction of sp³-hybridized carbons (Fsp3) is 0.0909. The number of rotatable bonds is 4. The highest BCUT2D eigenvalue weighted by Gasteiger charge is 2.14. The van der Waals surface area contributed by atoms with E-state index in [0.29, 0.717) is 39.7 Å². The van der Waals surface area contributed by atoms with Crippen LogP contribution in [0.2, 0.25) is 0 Å². The summed E-state index contributed by atoms with van der Waals surface area (Å²) in [4.78, 5) is 43.6. The predicted molar refractivity (Wildman–Crippen MR) is 120 cm³/mol. The Labute approximate surface area is 178 Å². The van der Waals surface area contributed by atoms with E-state index in [4.69, 9.17) is 4.42 Å². The van der Waals surface area contributed by atoms with Crippen LogP contribution in [0.25, 0.3) is 33.5 Å². The number of aromatic nitrogens is 3. The van der Waals surface area contributed by atoms with Crippen LogP contribution in [-0.2, 0) is 6.54 Å². The first-order valence-electron chi connectivity index (χ1n) is 9.56. The number of hydrogen-bond donors (Lipinski definition) is 2. The molecule has 0 fully saturated rings. The normalized spacial score (nSPS) is 11.3. The van der Waals surface area contributed by atoms with Crippen LogP contribution in [0.1, 0.15) is 17.3 Å². The lowest BCUT2D eigenvalue weighted by Gasteiger charge is -2.08. The number of carbonyl (C=O) groups is 1. The van der Waals surface area contributed by atoms with E-state index in [0.717, 1.165) is 11.0 Å². The fourth-order valence-corrected chi connectivity index (χ4v) is 4.15. The van der Waals surface area contributed by atoms with E-state index in [9.17, 15) is 14.4 Å². The smallest absolute Gasteiger partial charge is 0.316 e. The molecule has 0 spiro atoms. The third-order valence-corrected chi connectivity index (χ3v) is 5.71. The van der Waals surface area contributed by atoms with Gasteiger partial charge in [0.25, 0.3) is 5.91 Å².